The molecule has 0 aliphatic heterocycles. The molecule has 3 heteroatoms. The predicted octanol–water partition coefficient (Wildman–Crippen LogP) is 2.34. The summed E-state index contributed by atoms with van der Waals surface area (Å²) in [6.07, 6.45) is 14.3. The molecule has 0 rings (SSSR count). The zero-order chi connectivity index (χ0) is 13.0. The lowest BCUT2D eigenvalue weighted by atomic mass is 10.1. The van der Waals surface area contributed by atoms with E-state index in [2.05, 4.69) is 36.9 Å². The fourth-order valence-electron chi connectivity index (χ4n) is 2.09. The van der Waals surface area contributed by atoms with Crippen molar-refractivity contribution in [3.05, 3.63) is 0 Å². The van der Waals surface area contributed by atoms with Crippen LogP contribution in [0.15, 0.2) is 0 Å². The van der Waals surface area contributed by atoms with E-state index in [0.717, 1.165) is 9.94 Å². The van der Waals surface area contributed by atoms with Gasteiger partial charge in [-0.3, -0.25) is 0 Å². The van der Waals surface area contributed by atoms with E-state index in [-0.39, 0.29) is 24.0 Å². The van der Waals surface area contributed by atoms with Gasteiger partial charge in [-0.25, -0.2) is 0 Å². The lowest BCUT2D eigenvalue weighted by Gasteiger charge is -2.26. The van der Waals surface area contributed by atoms with Gasteiger partial charge in [0.25, 0.3) is 0 Å². The molecule has 0 saturated heterocycles. The van der Waals surface area contributed by atoms with Crippen LogP contribution in [0.5, 0.6) is 0 Å². The van der Waals surface area contributed by atoms with Crippen LogP contribution in [0.25, 0.3) is 0 Å². The zero-order valence-corrected chi connectivity index (χ0v) is 16.4. The number of nitrogens with zero attached hydrogens (tertiary/aromatic N) is 1. The average Bonchev–Trinajstić information content (AvgIpc) is 2.31. The number of rotatable bonds is 12. The van der Waals surface area contributed by atoms with Crippen molar-refractivity contribution in [2.45, 2.75) is 71.1 Å². The van der Waals surface area contributed by atoms with Crippen molar-refractivity contribution in [2.24, 2.45) is 0 Å². The fourth-order valence-corrected chi connectivity index (χ4v) is 2.34. The van der Waals surface area contributed by atoms with Gasteiger partial charge in [0, 0.05) is 0 Å². The second-order valence-corrected chi connectivity index (χ2v) is 6.46. The highest BCUT2D eigenvalue weighted by atomic mass is 127. The number of halogens is 2. The summed E-state index contributed by atoms with van der Waals surface area (Å²) in [6, 6.07) is 0. The van der Waals surface area contributed by atoms with E-state index >= 15 is 0 Å². The van der Waals surface area contributed by atoms with Crippen LogP contribution in [0, 0.1) is 0 Å². The quantitative estimate of drug-likeness (QED) is 0.146. The van der Waals surface area contributed by atoms with Crippen LogP contribution in [0.1, 0.15) is 71.1 Å². The van der Waals surface area contributed by atoms with Crippen LogP contribution in [0.3, 0.4) is 0 Å². The highest BCUT2D eigenvalue weighted by molar-refractivity contribution is 9.09. The molecule has 0 aromatic heterocycles. The van der Waals surface area contributed by atoms with Crippen molar-refractivity contribution < 1.29 is 28.5 Å². The third kappa shape index (κ3) is 15.2. The minimum atomic E-state index is 0. The Morgan fingerprint density at radius 3 is 1.50 bits per heavy atom. The Morgan fingerprint density at radius 1 is 0.722 bits per heavy atom. The average molecular weight is 434 g/mol. The molecule has 0 radical (unpaired) electrons. The Bertz CT molecular complexity index is 163. The van der Waals surface area contributed by atoms with Gasteiger partial charge in [0.15, 0.2) is 0 Å². The number of alkyl halides is 1. The van der Waals surface area contributed by atoms with Crippen molar-refractivity contribution in [3.63, 3.8) is 0 Å². The van der Waals surface area contributed by atoms with Gasteiger partial charge < -0.3 is 28.5 Å². The smallest absolute Gasteiger partial charge is 0.133 e. The van der Waals surface area contributed by atoms with Crippen LogP contribution in [0.2, 0.25) is 0 Å². The van der Waals surface area contributed by atoms with E-state index in [9.17, 15) is 0 Å². The predicted molar refractivity (Wildman–Crippen MR) is 82.6 cm³/mol. The zero-order valence-electron chi connectivity index (χ0n) is 12.7. The summed E-state index contributed by atoms with van der Waals surface area (Å²) in [5, 5.41) is 0. The Balaban J connectivity index is 0. The lowest BCUT2D eigenvalue weighted by Crippen LogP contribution is -3.00. The molecule has 0 fully saturated rings. The first-order chi connectivity index (χ1) is 8.12. The number of hydrogen-bond donors (Lipinski definition) is 0. The van der Waals surface area contributed by atoms with E-state index in [1.807, 2.05) is 0 Å². The molecule has 0 amide bonds. The molecule has 0 unspecified atom stereocenters. The third-order valence-electron chi connectivity index (χ3n) is 3.44. The van der Waals surface area contributed by atoms with Crippen LogP contribution in [0.4, 0.5) is 0 Å². The molecule has 0 aromatic carbocycles. The van der Waals surface area contributed by atoms with Crippen molar-refractivity contribution >= 4 is 15.9 Å². The Morgan fingerprint density at radius 2 is 1.11 bits per heavy atom. The first kappa shape index (κ1) is 21.5. The highest BCUT2D eigenvalue weighted by Gasteiger charge is 2.10. The Kier molecular flexibility index (Phi) is 17.4. The Labute approximate surface area is 141 Å². The number of hydrogen-bond acceptors (Lipinski definition) is 0. The topological polar surface area (TPSA) is 0 Å². The van der Waals surface area contributed by atoms with Gasteiger partial charge in [-0.2, -0.15) is 0 Å². The molecule has 0 aromatic rings. The SMILES string of the molecule is CCCCCCCCCCCC[N+](C)(C)CBr.[I-]. The van der Waals surface area contributed by atoms with E-state index in [4.69, 9.17) is 0 Å². The van der Waals surface area contributed by atoms with E-state index in [0.29, 0.717) is 0 Å². The minimum absolute atomic E-state index is 0. The molecule has 1 nitrogen and oxygen atoms in total. The van der Waals surface area contributed by atoms with Crippen LogP contribution in [-0.4, -0.2) is 30.6 Å². The maximum absolute atomic E-state index is 3.57. The minimum Gasteiger partial charge on any atom is -1.00 e. The molecule has 0 spiro atoms. The van der Waals surface area contributed by atoms with Gasteiger partial charge in [0.2, 0.25) is 0 Å². The molecule has 0 bridgehead atoms. The second kappa shape index (κ2) is 14.6. The van der Waals surface area contributed by atoms with Crippen LogP contribution in [-0.2, 0) is 0 Å². The molecule has 0 atom stereocenters. The summed E-state index contributed by atoms with van der Waals surface area (Å²) in [6.45, 7) is 3.59. The molecule has 112 valence electrons. The number of quaternary nitrogens is 1. The van der Waals surface area contributed by atoms with Crippen molar-refractivity contribution in [2.75, 3.05) is 26.1 Å². The molecule has 0 aliphatic rings. The first-order valence-electron chi connectivity index (χ1n) is 7.50. The van der Waals surface area contributed by atoms with Crippen molar-refractivity contribution in [3.8, 4) is 0 Å². The summed E-state index contributed by atoms with van der Waals surface area (Å²) in [4.78, 5) is 0. The molecule has 0 N–H and O–H groups in total. The van der Waals surface area contributed by atoms with Crippen molar-refractivity contribution in [1.29, 1.82) is 0 Å². The molecular formula is C15H33BrIN. The van der Waals surface area contributed by atoms with E-state index in [1.165, 1.54) is 70.8 Å². The maximum Gasteiger partial charge on any atom is 0.133 e. The molecule has 18 heavy (non-hydrogen) atoms. The van der Waals surface area contributed by atoms with Gasteiger partial charge in [0.1, 0.15) is 5.45 Å². The van der Waals surface area contributed by atoms with Gasteiger partial charge in [0.05, 0.1) is 20.6 Å². The van der Waals surface area contributed by atoms with Gasteiger partial charge in [-0.1, -0.05) is 58.3 Å². The normalized spacial score (nSPS) is 11.3. The van der Waals surface area contributed by atoms with Crippen LogP contribution < -0.4 is 24.0 Å². The molecule has 0 saturated carbocycles. The van der Waals surface area contributed by atoms with Gasteiger partial charge in [-0.05, 0) is 28.8 Å². The summed E-state index contributed by atoms with van der Waals surface area (Å²) in [5.41, 5.74) is 1.07. The third-order valence-corrected chi connectivity index (χ3v) is 4.80. The fraction of sp³-hybridized carbons (Fsp3) is 1.00. The molecule has 0 aliphatic carbocycles. The molecular weight excluding hydrogens is 401 g/mol. The van der Waals surface area contributed by atoms with Crippen LogP contribution >= 0.6 is 15.9 Å². The maximum atomic E-state index is 3.57. The monoisotopic (exact) mass is 433 g/mol. The largest absolute Gasteiger partial charge is 1.00 e. The summed E-state index contributed by atoms with van der Waals surface area (Å²) >= 11 is 3.57. The first-order valence-corrected chi connectivity index (χ1v) is 8.62. The summed E-state index contributed by atoms with van der Waals surface area (Å²) in [7, 11) is 4.59. The highest BCUT2D eigenvalue weighted by Crippen LogP contribution is 2.11. The lowest BCUT2D eigenvalue weighted by molar-refractivity contribution is -0.876. The van der Waals surface area contributed by atoms with Gasteiger partial charge in [-0.15, -0.1) is 0 Å². The standard InChI is InChI=1S/C15H33BrN.HI/c1-4-5-6-7-8-9-10-11-12-13-14-17(2,3)15-16;/h4-15H2,1-3H3;1H/q+1;/p-1. The Hall–Kier alpha value is 1.17. The number of unbranched alkanes of at least 4 members (excludes halogenated alkanes) is 9. The molecule has 0 heterocycles. The van der Waals surface area contributed by atoms with Crippen molar-refractivity contribution in [1.82, 2.24) is 0 Å². The second-order valence-electron chi connectivity index (χ2n) is 5.96. The summed E-state index contributed by atoms with van der Waals surface area (Å²) < 4.78 is 1.11. The van der Waals surface area contributed by atoms with Gasteiger partial charge >= 0.3 is 0 Å². The summed E-state index contributed by atoms with van der Waals surface area (Å²) in [5.74, 6) is 0. The van der Waals surface area contributed by atoms with E-state index < -0.39 is 0 Å². The van der Waals surface area contributed by atoms with E-state index in [1.54, 1.807) is 0 Å².